The van der Waals surface area contributed by atoms with Crippen molar-refractivity contribution in [2.24, 2.45) is 11.8 Å². The molecule has 0 bridgehead atoms. The van der Waals surface area contributed by atoms with Gasteiger partial charge in [-0.25, -0.2) is 0 Å². The predicted octanol–water partition coefficient (Wildman–Crippen LogP) is 16.1. The van der Waals surface area contributed by atoms with E-state index in [1.54, 1.807) is 62.5 Å². The minimum atomic E-state index is 0. The van der Waals surface area contributed by atoms with Gasteiger partial charge in [-0.05, 0) is 162 Å². The quantitative estimate of drug-likeness (QED) is 0.119. The standard InChI is InChI=1S/2C26H42NP.2CH3.Fe/c2*1-27(2)26(21-13-6-3-7-14-21)24-19-12-20-25(24)28(22-15-8-4-9-16-22)23-17-10-5-11-18-23;;;/h2*3,6-7,13-14,22-26H,4-5,8-12,15-20H2,1-2H3;2*1H3;/q;;2*-1;+2/t2*24?,25?,26-;;;/m11.../s1. The summed E-state index contributed by atoms with van der Waals surface area (Å²) in [6.45, 7) is 0. The van der Waals surface area contributed by atoms with Crippen LogP contribution in [0.3, 0.4) is 0 Å². The molecule has 8 rings (SSSR count). The Balaban J connectivity index is 0.000000248. The fourth-order valence-electron chi connectivity index (χ4n) is 13.8. The van der Waals surface area contributed by atoms with Crippen molar-refractivity contribution in [1.29, 1.82) is 0 Å². The van der Waals surface area contributed by atoms with Gasteiger partial charge in [0.1, 0.15) is 0 Å². The van der Waals surface area contributed by atoms with Gasteiger partial charge in [-0.1, -0.05) is 166 Å². The summed E-state index contributed by atoms with van der Waals surface area (Å²) in [5.74, 6) is 1.76. The summed E-state index contributed by atoms with van der Waals surface area (Å²) in [5, 5.41) is 0. The number of nitrogens with zero attached hydrogens (tertiary/aromatic N) is 2. The molecule has 0 amide bonds. The maximum absolute atomic E-state index is 2.55. The van der Waals surface area contributed by atoms with Crippen LogP contribution in [0.5, 0.6) is 0 Å². The van der Waals surface area contributed by atoms with Crippen molar-refractivity contribution in [2.45, 2.75) is 213 Å². The third-order valence-electron chi connectivity index (χ3n) is 16.0. The second-order valence-corrected chi connectivity index (χ2v) is 26.1. The van der Waals surface area contributed by atoms with Crippen LogP contribution in [0.4, 0.5) is 0 Å². The van der Waals surface area contributed by atoms with E-state index in [1.807, 2.05) is 0 Å². The Kier molecular flexibility index (Phi) is 23.1. The molecule has 2 aromatic carbocycles. The molecule has 6 aliphatic carbocycles. The predicted molar refractivity (Wildman–Crippen MR) is 262 cm³/mol. The van der Waals surface area contributed by atoms with Gasteiger partial charge in [-0.2, -0.15) is 0 Å². The van der Waals surface area contributed by atoms with Crippen LogP contribution in [0.25, 0.3) is 0 Å². The molecule has 0 N–H and O–H groups in total. The first-order valence-corrected chi connectivity index (χ1v) is 27.6. The van der Waals surface area contributed by atoms with Crippen molar-refractivity contribution < 1.29 is 17.1 Å². The van der Waals surface area contributed by atoms with Gasteiger partial charge >= 0.3 is 17.1 Å². The molecule has 6 aliphatic rings. The van der Waals surface area contributed by atoms with Crippen molar-refractivity contribution in [2.75, 3.05) is 28.2 Å². The van der Waals surface area contributed by atoms with Gasteiger partial charge in [0.25, 0.3) is 0 Å². The Morgan fingerprint density at radius 3 is 0.898 bits per heavy atom. The molecule has 0 radical (unpaired) electrons. The molecule has 0 aromatic heterocycles. The van der Waals surface area contributed by atoms with Crippen LogP contribution in [0.15, 0.2) is 60.7 Å². The molecule has 6 saturated carbocycles. The van der Waals surface area contributed by atoms with Crippen molar-refractivity contribution in [3.8, 4) is 0 Å². The number of hydrogen-bond donors (Lipinski definition) is 0. The number of rotatable bonds is 12. The average Bonchev–Trinajstić information content (AvgIpc) is 3.91. The zero-order valence-electron chi connectivity index (χ0n) is 39.1. The Labute approximate surface area is 380 Å². The summed E-state index contributed by atoms with van der Waals surface area (Å²) in [6.07, 6.45) is 39.5. The Morgan fingerprint density at radius 1 is 0.373 bits per heavy atom. The number of benzene rings is 2. The molecule has 4 unspecified atom stereocenters. The minimum Gasteiger partial charge on any atom is -0.358 e. The molecule has 59 heavy (non-hydrogen) atoms. The summed E-state index contributed by atoms with van der Waals surface area (Å²) in [6, 6.07) is 24.2. The Hall–Kier alpha value is -0.261. The normalized spacial score (nSPS) is 27.4. The topological polar surface area (TPSA) is 6.48 Å². The first-order chi connectivity index (χ1) is 27.5. The van der Waals surface area contributed by atoms with Crippen molar-refractivity contribution in [3.05, 3.63) is 86.6 Å². The van der Waals surface area contributed by atoms with Crippen molar-refractivity contribution in [1.82, 2.24) is 9.80 Å². The molecule has 0 spiro atoms. The van der Waals surface area contributed by atoms with Crippen LogP contribution in [0.2, 0.25) is 0 Å². The van der Waals surface area contributed by atoms with Crippen LogP contribution in [-0.4, -0.2) is 71.9 Å². The third-order valence-corrected chi connectivity index (χ3v) is 24.3. The summed E-state index contributed by atoms with van der Waals surface area (Å²) >= 11 is 0. The van der Waals surface area contributed by atoms with Gasteiger partial charge < -0.3 is 24.7 Å². The van der Waals surface area contributed by atoms with E-state index < -0.39 is 0 Å². The molecule has 0 aliphatic heterocycles. The molecule has 0 heterocycles. The number of hydrogen-bond acceptors (Lipinski definition) is 2. The van der Waals surface area contributed by atoms with Crippen LogP contribution < -0.4 is 0 Å². The van der Waals surface area contributed by atoms with Gasteiger partial charge in [0.05, 0.1) is 0 Å². The van der Waals surface area contributed by atoms with E-state index in [9.17, 15) is 0 Å². The van der Waals surface area contributed by atoms with Crippen molar-refractivity contribution in [3.63, 3.8) is 0 Å². The third kappa shape index (κ3) is 13.4. The monoisotopic (exact) mass is 885 g/mol. The van der Waals surface area contributed by atoms with Crippen LogP contribution in [0, 0.1) is 26.7 Å². The molecule has 5 heteroatoms. The van der Waals surface area contributed by atoms with E-state index in [0.29, 0.717) is 12.1 Å². The second-order valence-electron chi connectivity index (χ2n) is 20.0. The summed E-state index contributed by atoms with van der Waals surface area (Å²) in [5.41, 5.74) is 9.54. The molecule has 6 fully saturated rings. The van der Waals surface area contributed by atoms with E-state index in [4.69, 9.17) is 0 Å². The molecular weight excluding hydrogens is 794 g/mol. The van der Waals surface area contributed by atoms with Gasteiger partial charge in [-0.3, -0.25) is 0 Å². The van der Waals surface area contributed by atoms with Crippen LogP contribution >= 0.6 is 15.8 Å². The largest absolute Gasteiger partial charge is 2.00 e. The zero-order chi connectivity index (χ0) is 38.7. The van der Waals surface area contributed by atoms with Gasteiger partial charge in [-0.15, -0.1) is 0 Å². The van der Waals surface area contributed by atoms with E-state index in [1.165, 1.54) is 116 Å². The first-order valence-electron chi connectivity index (χ1n) is 24.5. The van der Waals surface area contributed by atoms with Crippen molar-refractivity contribution >= 4 is 15.8 Å². The molecule has 0 saturated heterocycles. The van der Waals surface area contributed by atoms with Gasteiger partial charge in [0.15, 0.2) is 0 Å². The minimum absolute atomic E-state index is 0. The molecular formula is C54H90FeN2P2. The summed E-state index contributed by atoms with van der Waals surface area (Å²) in [4.78, 5) is 5.10. The maximum atomic E-state index is 2.55. The Morgan fingerprint density at radius 2 is 0.644 bits per heavy atom. The fourth-order valence-corrected chi connectivity index (χ4v) is 23.4. The summed E-state index contributed by atoms with van der Waals surface area (Å²) < 4.78 is 0. The van der Waals surface area contributed by atoms with Gasteiger partial charge in [0.2, 0.25) is 0 Å². The van der Waals surface area contributed by atoms with E-state index >= 15 is 0 Å². The second kappa shape index (κ2) is 26.5. The maximum Gasteiger partial charge on any atom is 2.00 e. The average molecular weight is 885 g/mol. The van der Waals surface area contributed by atoms with E-state index in [2.05, 4.69) is 98.7 Å². The molecule has 2 aromatic rings. The fraction of sp³-hybridized carbons (Fsp3) is 0.741. The molecule has 334 valence electrons. The SMILES string of the molecule is CN(C)[C@H](c1ccccc1)C1CCCC1P(C1CCCCC1)C1CCCCC1.CN(C)[C@H](c1ccccc1)C1CCCC1P(C1CCCCC1)C1CCCCC1.[CH3-].[CH3-].[Fe+2]. The smallest absolute Gasteiger partial charge is 0.358 e. The summed E-state index contributed by atoms with van der Waals surface area (Å²) in [7, 11) is 9.70. The van der Waals surface area contributed by atoms with Crippen LogP contribution in [0.1, 0.15) is 190 Å². The zero-order valence-corrected chi connectivity index (χ0v) is 42.0. The molecule has 2 nitrogen and oxygen atoms in total. The van der Waals surface area contributed by atoms with Gasteiger partial charge in [0, 0.05) is 12.1 Å². The van der Waals surface area contributed by atoms with E-state index in [0.717, 1.165) is 45.8 Å². The first kappa shape index (κ1) is 51.4. The van der Waals surface area contributed by atoms with E-state index in [-0.39, 0.29) is 47.8 Å². The van der Waals surface area contributed by atoms with Crippen LogP contribution in [-0.2, 0) is 17.1 Å². The molecule has 6 atom stereocenters. The Bertz CT molecular complexity index is 1220.